The van der Waals surface area contributed by atoms with E-state index < -0.39 is 34.3 Å². The minimum Gasteiger partial charge on any atom is -0.497 e. The zero-order valence-electron chi connectivity index (χ0n) is 23.3. The first-order chi connectivity index (χ1) is 19.1. The van der Waals surface area contributed by atoms with Crippen molar-refractivity contribution in [3.63, 3.8) is 0 Å². The predicted octanol–water partition coefficient (Wildman–Crippen LogP) is 4.67. The summed E-state index contributed by atoms with van der Waals surface area (Å²) in [7, 11) is -2.82. The summed E-state index contributed by atoms with van der Waals surface area (Å²) in [5, 5.41) is 2.83. The monoisotopic (exact) mass is 569 g/mol. The number of sulfonamides is 1. The van der Waals surface area contributed by atoms with E-state index in [2.05, 4.69) is 5.32 Å². The molecule has 0 bridgehead atoms. The summed E-state index contributed by atoms with van der Waals surface area (Å²) in [6.07, 6.45) is 1.66. The van der Waals surface area contributed by atoms with Crippen LogP contribution in [0.25, 0.3) is 0 Å². The van der Waals surface area contributed by atoms with E-state index in [0.717, 1.165) is 28.8 Å². The van der Waals surface area contributed by atoms with Crippen LogP contribution in [0.5, 0.6) is 5.75 Å². The van der Waals surface area contributed by atoms with E-state index in [-0.39, 0.29) is 23.0 Å². The number of carbonyl (C=O) groups excluding carboxylic acids is 2. The largest absolute Gasteiger partial charge is 0.497 e. The highest BCUT2D eigenvalue weighted by Crippen LogP contribution is 2.27. The Balaban J connectivity index is 2.02. The Bertz CT molecular complexity index is 1410. The third kappa shape index (κ3) is 7.59. The summed E-state index contributed by atoms with van der Waals surface area (Å²) in [6.45, 7) is 5.14. The van der Waals surface area contributed by atoms with Gasteiger partial charge >= 0.3 is 0 Å². The van der Waals surface area contributed by atoms with Crippen LogP contribution in [0.3, 0.4) is 0 Å². The van der Waals surface area contributed by atoms with Gasteiger partial charge in [0.25, 0.3) is 10.0 Å². The summed E-state index contributed by atoms with van der Waals surface area (Å²) in [5.74, 6) is -1.26. The number of nitrogens with one attached hydrogen (secondary N) is 1. The van der Waals surface area contributed by atoms with Crippen molar-refractivity contribution in [1.29, 1.82) is 0 Å². The molecule has 0 aliphatic rings. The number of aryl methyl sites for hydroxylation is 1. The van der Waals surface area contributed by atoms with Crippen molar-refractivity contribution in [2.45, 2.75) is 51.1 Å². The SMILES string of the molecule is CCCCNC(=O)[C@H](C)N(Cc1cccc(OC)c1)C(=O)CN(c1ccccc1F)S(=O)(=O)c1ccc(C)cc1. The highest BCUT2D eigenvalue weighted by Gasteiger charge is 2.33. The van der Waals surface area contributed by atoms with Gasteiger partial charge in [-0.05, 0) is 62.2 Å². The molecule has 0 spiro atoms. The van der Waals surface area contributed by atoms with Crippen LogP contribution in [0.2, 0.25) is 0 Å². The topological polar surface area (TPSA) is 96.0 Å². The zero-order chi connectivity index (χ0) is 29.3. The van der Waals surface area contributed by atoms with Gasteiger partial charge in [-0.1, -0.05) is 55.3 Å². The van der Waals surface area contributed by atoms with Gasteiger partial charge in [0.05, 0.1) is 17.7 Å². The summed E-state index contributed by atoms with van der Waals surface area (Å²) >= 11 is 0. The lowest BCUT2D eigenvalue weighted by Crippen LogP contribution is -2.51. The Hall–Kier alpha value is -3.92. The molecule has 0 aromatic heterocycles. The lowest BCUT2D eigenvalue weighted by atomic mass is 10.1. The van der Waals surface area contributed by atoms with E-state index in [4.69, 9.17) is 4.74 Å². The maximum absolute atomic E-state index is 15.0. The highest BCUT2D eigenvalue weighted by atomic mass is 32.2. The van der Waals surface area contributed by atoms with E-state index in [0.29, 0.717) is 17.9 Å². The fourth-order valence-corrected chi connectivity index (χ4v) is 5.51. The molecular formula is C30H36FN3O5S. The maximum atomic E-state index is 15.0. The van der Waals surface area contributed by atoms with Crippen LogP contribution in [0.1, 0.15) is 37.8 Å². The molecule has 0 saturated heterocycles. The second-order valence-corrected chi connectivity index (χ2v) is 11.3. The van der Waals surface area contributed by atoms with Crippen LogP contribution < -0.4 is 14.4 Å². The van der Waals surface area contributed by atoms with E-state index in [1.165, 1.54) is 42.3 Å². The Kier molecular flexibility index (Phi) is 10.7. The molecule has 40 heavy (non-hydrogen) atoms. The smallest absolute Gasteiger partial charge is 0.264 e. The Labute approximate surface area is 235 Å². The molecule has 0 radical (unpaired) electrons. The van der Waals surface area contributed by atoms with E-state index >= 15 is 0 Å². The van der Waals surface area contributed by atoms with E-state index in [1.54, 1.807) is 43.3 Å². The van der Waals surface area contributed by atoms with Crippen molar-refractivity contribution in [2.75, 3.05) is 24.5 Å². The number of para-hydroxylation sites is 1. The van der Waals surface area contributed by atoms with Crippen LogP contribution in [-0.4, -0.2) is 51.4 Å². The Morgan fingerprint density at radius 3 is 2.38 bits per heavy atom. The van der Waals surface area contributed by atoms with Crippen molar-refractivity contribution in [3.05, 3.63) is 89.7 Å². The molecule has 0 unspecified atom stereocenters. The first-order valence-electron chi connectivity index (χ1n) is 13.1. The number of rotatable bonds is 13. The lowest BCUT2D eigenvalue weighted by molar-refractivity contribution is -0.139. The molecule has 3 aromatic carbocycles. The number of amides is 2. The number of unbranched alkanes of at least 4 members (excludes halogenated alkanes) is 1. The molecule has 3 rings (SSSR count). The van der Waals surface area contributed by atoms with Crippen molar-refractivity contribution in [3.8, 4) is 5.75 Å². The quantitative estimate of drug-likeness (QED) is 0.302. The standard InChI is InChI=1S/C30H36FN3O5S/c1-5-6-18-32-30(36)23(3)33(20-24-10-9-11-25(19-24)39-4)29(35)21-34(28-13-8-7-12-27(28)31)40(37,38)26-16-14-22(2)15-17-26/h7-17,19,23H,5-6,18,20-21H2,1-4H3,(H,32,36)/t23-/m0/s1. The average molecular weight is 570 g/mol. The molecular weight excluding hydrogens is 533 g/mol. The third-order valence-corrected chi connectivity index (χ3v) is 8.27. The minimum atomic E-state index is -4.34. The Morgan fingerprint density at radius 1 is 1.02 bits per heavy atom. The number of halogens is 1. The molecule has 1 N–H and O–H groups in total. The molecule has 10 heteroatoms. The first kappa shape index (κ1) is 30.6. The number of carbonyl (C=O) groups is 2. The van der Waals surface area contributed by atoms with Crippen LogP contribution in [-0.2, 0) is 26.2 Å². The number of benzene rings is 3. The van der Waals surface area contributed by atoms with Crippen LogP contribution >= 0.6 is 0 Å². The number of nitrogens with zero attached hydrogens (tertiary/aromatic N) is 2. The van der Waals surface area contributed by atoms with Gasteiger partial charge in [0, 0.05) is 13.1 Å². The number of ether oxygens (including phenoxy) is 1. The summed E-state index contributed by atoms with van der Waals surface area (Å²) in [5.41, 5.74) is 1.26. The van der Waals surface area contributed by atoms with Gasteiger partial charge in [-0.25, -0.2) is 12.8 Å². The summed E-state index contributed by atoms with van der Waals surface area (Å²) in [4.78, 5) is 28.1. The molecule has 0 aliphatic carbocycles. The van der Waals surface area contributed by atoms with Gasteiger partial charge in [-0.3, -0.25) is 13.9 Å². The van der Waals surface area contributed by atoms with Crippen LogP contribution in [0.4, 0.5) is 10.1 Å². The first-order valence-corrected chi connectivity index (χ1v) is 14.6. The van der Waals surface area contributed by atoms with Gasteiger partial charge in [-0.15, -0.1) is 0 Å². The molecule has 2 amide bonds. The molecule has 1 atom stereocenters. The molecule has 0 heterocycles. The maximum Gasteiger partial charge on any atom is 0.264 e. The van der Waals surface area contributed by atoms with Gasteiger partial charge in [-0.2, -0.15) is 0 Å². The van der Waals surface area contributed by atoms with Gasteiger partial charge in [0.15, 0.2) is 0 Å². The molecule has 8 nitrogen and oxygen atoms in total. The molecule has 0 aliphatic heterocycles. The fourth-order valence-electron chi connectivity index (χ4n) is 4.09. The van der Waals surface area contributed by atoms with Gasteiger partial charge in [0.2, 0.25) is 11.8 Å². The lowest BCUT2D eigenvalue weighted by Gasteiger charge is -2.32. The van der Waals surface area contributed by atoms with E-state index in [9.17, 15) is 22.4 Å². The number of hydrogen-bond donors (Lipinski definition) is 1. The molecule has 0 fully saturated rings. The molecule has 3 aromatic rings. The molecule has 0 saturated carbocycles. The second kappa shape index (κ2) is 13.9. The highest BCUT2D eigenvalue weighted by molar-refractivity contribution is 7.92. The second-order valence-electron chi connectivity index (χ2n) is 9.47. The minimum absolute atomic E-state index is 0.00802. The van der Waals surface area contributed by atoms with Crippen molar-refractivity contribution >= 4 is 27.5 Å². The summed E-state index contributed by atoms with van der Waals surface area (Å²) < 4.78 is 48.6. The fraction of sp³-hybridized carbons (Fsp3) is 0.333. The van der Waals surface area contributed by atoms with Gasteiger partial charge < -0.3 is 15.0 Å². The van der Waals surface area contributed by atoms with Gasteiger partial charge in [0.1, 0.15) is 24.2 Å². The van der Waals surface area contributed by atoms with Crippen LogP contribution in [0.15, 0.2) is 77.7 Å². The van der Waals surface area contributed by atoms with Crippen molar-refractivity contribution < 1.29 is 27.1 Å². The normalized spacial score (nSPS) is 11.9. The number of methoxy groups -OCH3 is 1. The average Bonchev–Trinajstić information content (AvgIpc) is 2.95. The summed E-state index contributed by atoms with van der Waals surface area (Å²) in [6, 6.07) is 17.6. The number of hydrogen-bond acceptors (Lipinski definition) is 5. The van der Waals surface area contributed by atoms with Crippen LogP contribution in [0, 0.1) is 12.7 Å². The predicted molar refractivity (Wildman–Crippen MR) is 153 cm³/mol. The van der Waals surface area contributed by atoms with Crippen molar-refractivity contribution in [1.82, 2.24) is 10.2 Å². The Morgan fingerprint density at radius 2 is 1.73 bits per heavy atom. The molecule has 214 valence electrons. The number of anilines is 1. The van der Waals surface area contributed by atoms with Crippen molar-refractivity contribution in [2.24, 2.45) is 0 Å². The van der Waals surface area contributed by atoms with E-state index in [1.807, 2.05) is 13.8 Å². The zero-order valence-corrected chi connectivity index (χ0v) is 24.1. The third-order valence-electron chi connectivity index (χ3n) is 6.49.